The van der Waals surface area contributed by atoms with Crippen LogP contribution < -0.4 is 20.1 Å². The lowest BCUT2D eigenvalue weighted by atomic mass is 9.99. The summed E-state index contributed by atoms with van der Waals surface area (Å²) in [6.07, 6.45) is 0.0183. The van der Waals surface area contributed by atoms with Crippen molar-refractivity contribution in [2.75, 3.05) is 5.32 Å². The van der Waals surface area contributed by atoms with E-state index in [1.807, 2.05) is 109 Å². The Morgan fingerprint density at radius 1 is 0.667 bits per heavy atom. The second-order valence-corrected chi connectivity index (χ2v) is 12.1. The van der Waals surface area contributed by atoms with Crippen molar-refractivity contribution in [3.8, 4) is 28.4 Å². The molecule has 0 saturated carbocycles. The summed E-state index contributed by atoms with van der Waals surface area (Å²) < 4.78 is 11.9. The van der Waals surface area contributed by atoms with Crippen LogP contribution in [0, 0.1) is 0 Å². The third-order valence-corrected chi connectivity index (χ3v) is 8.24. The summed E-state index contributed by atoms with van der Waals surface area (Å²) in [5.41, 5.74) is 4.01. The molecule has 1 atom stereocenters. The topological polar surface area (TPSA) is 114 Å². The molecule has 9 heteroatoms. The number of anilines is 1. The number of nitrogens with one attached hydrogen (secondary N) is 2. The van der Waals surface area contributed by atoms with Gasteiger partial charge in [-0.1, -0.05) is 103 Å². The van der Waals surface area contributed by atoms with E-state index in [-0.39, 0.29) is 22.7 Å². The maximum Gasteiger partial charge on any atom is 0.326 e. The van der Waals surface area contributed by atoms with E-state index < -0.39 is 23.8 Å². The van der Waals surface area contributed by atoms with Crippen molar-refractivity contribution >= 4 is 35.1 Å². The molecule has 6 aromatic rings. The quantitative estimate of drug-likeness (QED) is 0.111. The zero-order valence-electron chi connectivity index (χ0n) is 27.3. The molecule has 0 heterocycles. The number of hydrogen-bond acceptors (Lipinski definition) is 5. The SMILES string of the molecule is O=C(Nc1ccc(Cl)cc1C(=O)N[C@@H](Cc1ccc(-c2ccccc2Oc2ccccc2)cc1)C(=O)O)c1ccc(OCc2ccccc2)cc1. The number of halogens is 1. The third kappa shape index (κ3) is 9.20. The first kappa shape index (κ1) is 34.5. The molecule has 0 aliphatic heterocycles. The number of rotatable bonds is 13. The number of benzene rings is 6. The minimum atomic E-state index is -1.26. The Labute approximate surface area is 300 Å². The normalized spacial score (nSPS) is 11.2. The molecule has 0 aromatic heterocycles. The van der Waals surface area contributed by atoms with Crippen LogP contribution in [0.4, 0.5) is 5.69 Å². The molecule has 51 heavy (non-hydrogen) atoms. The van der Waals surface area contributed by atoms with Gasteiger partial charge in [0.15, 0.2) is 0 Å². The maximum atomic E-state index is 13.5. The Morgan fingerprint density at radius 2 is 1.33 bits per heavy atom. The van der Waals surface area contributed by atoms with E-state index in [4.69, 9.17) is 21.1 Å². The lowest BCUT2D eigenvalue weighted by Crippen LogP contribution is -2.42. The molecule has 0 saturated heterocycles. The van der Waals surface area contributed by atoms with E-state index in [9.17, 15) is 19.5 Å². The van der Waals surface area contributed by atoms with Gasteiger partial charge in [-0.2, -0.15) is 0 Å². The maximum absolute atomic E-state index is 13.5. The number of carbonyl (C=O) groups is 3. The second-order valence-electron chi connectivity index (χ2n) is 11.6. The number of carbonyl (C=O) groups excluding carboxylic acids is 2. The predicted molar refractivity (Wildman–Crippen MR) is 198 cm³/mol. The Bertz CT molecular complexity index is 2120. The molecular weight excluding hydrogens is 664 g/mol. The van der Waals surface area contributed by atoms with Crippen LogP contribution in [-0.2, 0) is 17.8 Å². The van der Waals surface area contributed by atoms with Crippen molar-refractivity contribution < 1.29 is 29.0 Å². The van der Waals surface area contributed by atoms with Gasteiger partial charge in [0.05, 0.1) is 11.3 Å². The van der Waals surface area contributed by atoms with E-state index in [1.54, 1.807) is 24.3 Å². The van der Waals surface area contributed by atoms with Crippen LogP contribution in [0.2, 0.25) is 5.02 Å². The van der Waals surface area contributed by atoms with Crippen molar-refractivity contribution in [2.45, 2.75) is 19.1 Å². The lowest BCUT2D eigenvalue weighted by Gasteiger charge is -2.17. The number of carboxylic acid groups (broad SMARTS) is 1. The van der Waals surface area contributed by atoms with E-state index in [0.717, 1.165) is 16.7 Å². The molecule has 3 N–H and O–H groups in total. The first-order chi connectivity index (χ1) is 24.8. The van der Waals surface area contributed by atoms with E-state index in [0.29, 0.717) is 35.0 Å². The minimum Gasteiger partial charge on any atom is -0.489 e. The summed E-state index contributed by atoms with van der Waals surface area (Å²) in [6.45, 7) is 0.386. The van der Waals surface area contributed by atoms with Gasteiger partial charge in [-0.25, -0.2) is 4.79 Å². The van der Waals surface area contributed by atoms with Gasteiger partial charge in [0.25, 0.3) is 11.8 Å². The molecule has 0 unspecified atom stereocenters. The molecule has 0 radical (unpaired) electrons. The number of carboxylic acids is 1. The van der Waals surface area contributed by atoms with Crippen molar-refractivity contribution in [2.24, 2.45) is 0 Å². The van der Waals surface area contributed by atoms with Gasteiger partial charge in [0.2, 0.25) is 0 Å². The van der Waals surface area contributed by atoms with Crippen LogP contribution in [0.5, 0.6) is 17.2 Å². The van der Waals surface area contributed by atoms with E-state index in [1.165, 1.54) is 18.2 Å². The zero-order chi connectivity index (χ0) is 35.6. The van der Waals surface area contributed by atoms with Gasteiger partial charge in [-0.05, 0) is 77.4 Å². The molecule has 254 valence electrons. The summed E-state index contributed by atoms with van der Waals surface area (Å²) in [5.74, 6) is -0.390. The van der Waals surface area contributed by atoms with Crippen LogP contribution in [0.1, 0.15) is 31.8 Å². The van der Waals surface area contributed by atoms with Gasteiger partial charge in [0.1, 0.15) is 29.9 Å². The first-order valence-electron chi connectivity index (χ1n) is 16.1. The lowest BCUT2D eigenvalue weighted by molar-refractivity contribution is -0.139. The Kier molecular flexibility index (Phi) is 11.1. The molecule has 0 spiro atoms. The minimum absolute atomic E-state index is 0.0183. The van der Waals surface area contributed by atoms with Crippen LogP contribution in [0.3, 0.4) is 0 Å². The van der Waals surface area contributed by atoms with E-state index in [2.05, 4.69) is 10.6 Å². The Morgan fingerprint density at radius 3 is 2.04 bits per heavy atom. The Balaban J connectivity index is 1.11. The molecular formula is C42H33ClN2O6. The van der Waals surface area contributed by atoms with Gasteiger partial charge in [-0.15, -0.1) is 0 Å². The third-order valence-electron chi connectivity index (χ3n) is 8.01. The van der Waals surface area contributed by atoms with Crippen LogP contribution >= 0.6 is 11.6 Å². The highest BCUT2D eigenvalue weighted by atomic mass is 35.5. The summed E-state index contributed by atoms with van der Waals surface area (Å²) in [7, 11) is 0. The summed E-state index contributed by atoms with van der Waals surface area (Å²) in [6, 6.07) is 44.0. The largest absolute Gasteiger partial charge is 0.489 e. The molecule has 0 fully saturated rings. The van der Waals surface area contributed by atoms with Gasteiger partial charge in [0, 0.05) is 22.6 Å². The smallest absolute Gasteiger partial charge is 0.326 e. The number of ether oxygens (including phenoxy) is 2. The summed E-state index contributed by atoms with van der Waals surface area (Å²) in [4.78, 5) is 39.0. The monoisotopic (exact) mass is 696 g/mol. The number of aliphatic carboxylic acids is 1. The van der Waals surface area contributed by atoms with E-state index >= 15 is 0 Å². The van der Waals surface area contributed by atoms with Gasteiger partial charge in [-0.3, -0.25) is 9.59 Å². The number of amides is 2. The zero-order valence-corrected chi connectivity index (χ0v) is 28.0. The average Bonchev–Trinajstić information content (AvgIpc) is 3.16. The van der Waals surface area contributed by atoms with Crippen LogP contribution in [0.25, 0.3) is 11.1 Å². The standard InChI is InChI=1S/C42H33ClN2O6/c43-32-21-24-37(44-40(46)31-19-22-33(23-20-31)50-27-29-9-3-1-4-10-29)36(26-32)41(47)45-38(42(48)49)25-28-15-17-30(18-16-28)35-13-7-8-14-39(35)51-34-11-5-2-6-12-34/h1-24,26,38H,25,27H2,(H,44,46)(H,45,47)(H,48,49)/t38-/m0/s1. The Hall–Kier alpha value is -6.38. The molecule has 6 aromatic carbocycles. The van der Waals surface area contributed by atoms with Gasteiger partial charge >= 0.3 is 5.97 Å². The van der Waals surface area contributed by atoms with Gasteiger partial charge < -0.3 is 25.2 Å². The average molecular weight is 697 g/mol. The highest BCUT2D eigenvalue weighted by Crippen LogP contribution is 2.33. The van der Waals surface area contributed by atoms with Crippen LogP contribution in [-0.4, -0.2) is 28.9 Å². The molecule has 0 aliphatic carbocycles. The first-order valence-corrected chi connectivity index (χ1v) is 16.5. The van der Waals surface area contributed by atoms with Crippen molar-refractivity contribution in [1.82, 2.24) is 5.32 Å². The molecule has 0 aliphatic rings. The fourth-order valence-corrected chi connectivity index (χ4v) is 5.53. The fourth-order valence-electron chi connectivity index (χ4n) is 5.35. The van der Waals surface area contributed by atoms with Crippen molar-refractivity contribution in [3.05, 3.63) is 179 Å². The highest BCUT2D eigenvalue weighted by molar-refractivity contribution is 6.31. The molecule has 8 nitrogen and oxygen atoms in total. The predicted octanol–water partition coefficient (Wildman–Crippen LogP) is 9.06. The highest BCUT2D eigenvalue weighted by Gasteiger charge is 2.24. The second kappa shape index (κ2) is 16.3. The fraction of sp³-hybridized carbons (Fsp3) is 0.0714. The van der Waals surface area contributed by atoms with Crippen molar-refractivity contribution in [1.29, 1.82) is 0 Å². The molecule has 2 amide bonds. The number of para-hydroxylation sites is 2. The summed E-state index contributed by atoms with van der Waals surface area (Å²) in [5, 5.41) is 15.6. The summed E-state index contributed by atoms with van der Waals surface area (Å²) >= 11 is 6.22. The molecule has 0 bridgehead atoms. The molecule has 6 rings (SSSR count). The van der Waals surface area contributed by atoms with Crippen molar-refractivity contribution in [3.63, 3.8) is 0 Å². The van der Waals surface area contributed by atoms with Crippen LogP contribution in [0.15, 0.2) is 152 Å². The number of hydrogen-bond donors (Lipinski definition) is 3.